The van der Waals surface area contributed by atoms with E-state index in [1.54, 1.807) is 24.3 Å². The number of hydrogen-bond donors (Lipinski definition) is 4. The number of nitrogens with zero attached hydrogens (tertiary/aromatic N) is 2. The number of benzene rings is 4. The molecule has 0 aliphatic rings. The molecule has 0 saturated carbocycles. The van der Waals surface area contributed by atoms with Crippen molar-refractivity contribution in [2.24, 2.45) is 10.2 Å². The van der Waals surface area contributed by atoms with E-state index in [4.69, 9.17) is 46.4 Å². The van der Waals surface area contributed by atoms with Gasteiger partial charge >= 0.3 is 16.5 Å². The Hall–Kier alpha value is -3.99. The predicted octanol–water partition coefficient (Wildman–Crippen LogP) is 5.07. The van der Waals surface area contributed by atoms with Gasteiger partial charge in [-0.2, -0.15) is 10.2 Å². The number of phenolic OH excluding ortho intramolecular Hbond substituents is 2. The number of rotatable bonds is 6. The molecule has 4 N–H and O–H groups in total. The Labute approximate surface area is 275 Å². The van der Waals surface area contributed by atoms with E-state index in [9.17, 15) is 30.0 Å². The Kier molecular flexibility index (Phi) is 13.6. The van der Waals surface area contributed by atoms with Crippen LogP contribution in [0.15, 0.2) is 83.0 Å². The zero-order valence-electron chi connectivity index (χ0n) is 21.3. The van der Waals surface area contributed by atoms with Crippen LogP contribution < -0.4 is 21.1 Å². The number of hydrogen-bond acceptors (Lipinski definition) is 8. The van der Waals surface area contributed by atoms with Crippen molar-refractivity contribution in [2.45, 2.75) is 0 Å². The van der Waals surface area contributed by atoms with E-state index in [-0.39, 0.29) is 70.3 Å². The Morgan fingerprint density at radius 3 is 1.35 bits per heavy atom. The third-order valence-electron chi connectivity index (χ3n) is 5.11. The zero-order valence-corrected chi connectivity index (χ0v) is 25.3. The smallest absolute Gasteiger partial charge is 0.871 e. The van der Waals surface area contributed by atoms with Gasteiger partial charge in [0, 0.05) is 20.1 Å². The molecule has 0 bridgehead atoms. The maximum absolute atomic E-state index is 11.8. The van der Waals surface area contributed by atoms with Crippen LogP contribution in [0.3, 0.4) is 0 Å². The van der Waals surface area contributed by atoms with E-state index in [0.717, 1.165) is 12.4 Å². The first-order valence-electron chi connectivity index (χ1n) is 11.5. The van der Waals surface area contributed by atoms with Gasteiger partial charge in [0.2, 0.25) is 0 Å². The second-order valence-electron chi connectivity index (χ2n) is 8.04. The Balaban J connectivity index is 0.000000293. The monoisotopic (exact) mass is 704 g/mol. The largest absolute Gasteiger partial charge is 2.00 e. The summed E-state index contributed by atoms with van der Waals surface area (Å²) in [5.41, 5.74) is 4.83. The molecule has 0 saturated heterocycles. The van der Waals surface area contributed by atoms with Gasteiger partial charge in [-0.15, -0.1) is 0 Å². The van der Waals surface area contributed by atoms with Crippen molar-refractivity contribution in [3.05, 3.63) is 115 Å². The van der Waals surface area contributed by atoms with Crippen LogP contribution in [0.5, 0.6) is 23.0 Å². The summed E-state index contributed by atoms with van der Waals surface area (Å²) in [5.74, 6) is -2.43. The van der Waals surface area contributed by atoms with Gasteiger partial charge in [-0.25, -0.2) is 10.9 Å². The normalized spacial score (nSPS) is 10.5. The molecule has 10 nitrogen and oxygen atoms in total. The van der Waals surface area contributed by atoms with Gasteiger partial charge < -0.3 is 20.4 Å². The number of para-hydroxylation sites is 2. The van der Waals surface area contributed by atoms with Crippen molar-refractivity contribution in [1.29, 1.82) is 0 Å². The summed E-state index contributed by atoms with van der Waals surface area (Å²) in [4.78, 5) is 23.5. The molecule has 43 heavy (non-hydrogen) atoms. The standard InChI is InChI=1S/2C14H10Cl2N2O3.Ni/c2*15-9-5-8(13(20)11(16)6-9)7-17-18-14(21)10-3-1-2-4-12(10)19;/h2*1-7,19-20H,(H,18,21);/q;;+2/p-2/b17-7+;17-7-;. The maximum Gasteiger partial charge on any atom is 2.00 e. The number of hydrazone groups is 2. The zero-order chi connectivity index (χ0) is 30.8. The fourth-order valence-electron chi connectivity index (χ4n) is 3.12. The molecule has 15 heteroatoms. The summed E-state index contributed by atoms with van der Waals surface area (Å²) < 4.78 is 0. The third kappa shape index (κ3) is 10.1. The maximum atomic E-state index is 11.8. The van der Waals surface area contributed by atoms with E-state index in [1.165, 1.54) is 48.5 Å². The van der Waals surface area contributed by atoms with Crippen molar-refractivity contribution in [2.75, 3.05) is 0 Å². The third-order valence-corrected chi connectivity index (χ3v) is 6.11. The van der Waals surface area contributed by atoms with Crippen LogP contribution in [-0.2, 0) is 16.5 Å². The second-order valence-corrected chi connectivity index (χ2v) is 9.73. The molecular weight excluding hydrogens is 689 g/mol. The molecule has 0 atom stereocenters. The van der Waals surface area contributed by atoms with Crippen LogP contribution in [0.4, 0.5) is 0 Å². The van der Waals surface area contributed by atoms with Crippen LogP contribution >= 0.6 is 46.4 Å². The van der Waals surface area contributed by atoms with E-state index >= 15 is 0 Å². The summed E-state index contributed by atoms with van der Waals surface area (Å²) in [5, 5.41) is 50.2. The predicted molar refractivity (Wildman–Crippen MR) is 158 cm³/mol. The first kappa shape index (κ1) is 35.2. The van der Waals surface area contributed by atoms with Crippen LogP contribution in [0.25, 0.3) is 0 Å². The van der Waals surface area contributed by atoms with Gasteiger partial charge in [0.25, 0.3) is 11.8 Å². The molecule has 4 rings (SSSR count). The Morgan fingerprint density at radius 2 is 1.00 bits per heavy atom. The molecule has 0 fully saturated rings. The Morgan fingerprint density at radius 1 is 0.651 bits per heavy atom. The van der Waals surface area contributed by atoms with Crippen LogP contribution in [-0.4, -0.2) is 34.5 Å². The van der Waals surface area contributed by atoms with Gasteiger partial charge in [-0.3, -0.25) is 9.59 Å². The molecule has 4 aromatic rings. The SMILES string of the molecule is O=C(N/N=C/c1cc(Cl)cc(Cl)c1[O-])c1ccccc1O.O=C(N/N=C\c1cc(Cl)cc(Cl)c1[O-])c1ccccc1O.[Ni+2]. The average Bonchev–Trinajstić information content (AvgIpc) is 2.94. The van der Waals surface area contributed by atoms with Gasteiger partial charge in [0.1, 0.15) is 11.5 Å². The number of carbonyl (C=O) groups is 2. The van der Waals surface area contributed by atoms with E-state index in [0.29, 0.717) is 0 Å². The average molecular weight is 707 g/mol. The minimum atomic E-state index is -0.607. The van der Waals surface area contributed by atoms with Crippen LogP contribution in [0.2, 0.25) is 20.1 Å². The number of amides is 2. The van der Waals surface area contributed by atoms with Gasteiger partial charge in [-0.05, 0) is 59.7 Å². The Bertz CT molecular complexity index is 1560. The number of nitrogens with one attached hydrogen (secondary N) is 2. The molecule has 0 radical (unpaired) electrons. The summed E-state index contributed by atoms with van der Waals surface area (Å²) in [7, 11) is 0. The number of aromatic hydroxyl groups is 2. The molecule has 0 aliphatic heterocycles. The first-order valence-corrected chi connectivity index (χ1v) is 13.0. The fourth-order valence-corrected chi connectivity index (χ4v) is 4.14. The number of carbonyl (C=O) groups excluding carboxylic acids is 2. The van der Waals surface area contributed by atoms with Crippen molar-refractivity contribution >= 4 is 70.6 Å². The van der Waals surface area contributed by atoms with Crippen molar-refractivity contribution in [3.8, 4) is 23.0 Å². The van der Waals surface area contributed by atoms with Crippen molar-refractivity contribution in [1.82, 2.24) is 10.9 Å². The van der Waals surface area contributed by atoms with Crippen LogP contribution in [0.1, 0.15) is 31.8 Å². The van der Waals surface area contributed by atoms with E-state index in [1.807, 2.05) is 0 Å². The van der Waals surface area contributed by atoms with Crippen LogP contribution in [0, 0.1) is 0 Å². The fraction of sp³-hybridized carbons (Fsp3) is 0. The van der Waals surface area contributed by atoms with Gasteiger partial charge in [0.15, 0.2) is 0 Å². The van der Waals surface area contributed by atoms with E-state index < -0.39 is 23.3 Å². The molecule has 0 spiro atoms. The van der Waals surface area contributed by atoms with Crippen molar-refractivity contribution in [3.63, 3.8) is 0 Å². The number of phenols is 2. The summed E-state index contributed by atoms with van der Waals surface area (Å²) in [6.07, 6.45) is 2.27. The van der Waals surface area contributed by atoms with Gasteiger partial charge in [0.05, 0.1) is 23.6 Å². The molecule has 0 unspecified atom stereocenters. The molecule has 0 aliphatic carbocycles. The summed E-state index contributed by atoms with van der Waals surface area (Å²) in [6.45, 7) is 0. The van der Waals surface area contributed by atoms with E-state index in [2.05, 4.69) is 21.1 Å². The molecule has 2 amide bonds. The molecule has 0 heterocycles. The van der Waals surface area contributed by atoms with Gasteiger partial charge in [-0.1, -0.05) is 82.2 Å². The molecule has 4 aromatic carbocycles. The summed E-state index contributed by atoms with van der Waals surface area (Å²) >= 11 is 22.9. The quantitative estimate of drug-likeness (QED) is 0.124. The summed E-state index contributed by atoms with van der Waals surface area (Å²) in [6, 6.07) is 17.4. The molecule has 0 aromatic heterocycles. The second kappa shape index (κ2) is 16.6. The minimum Gasteiger partial charge on any atom is -0.871 e. The van der Waals surface area contributed by atoms with Crippen molar-refractivity contribution < 1.29 is 46.5 Å². The minimum absolute atomic E-state index is 0. The molecular formula is C28H18Cl4N4NiO6. The first-order chi connectivity index (χ1) is 20.0. The number of halogens is 4. The topological polar surface area (TPSA) is 169 Å². The molecule has 224 valence electrons.